The van der Waals surface area contributed by atoms with E-state index >= 15 is 0 Å². The molecule has 1 N–H and O–H groups in total. The molecule has 2 heterocycles. The minimum atomic E-state index is -0.307. The predicted molar refractivity (Wildman–Crippen MR) is 108 cm³/mol. The van der Waals surface area contributed by atoms with Gasteiger partial charge in [-0.05, 0) is 56.1 Å². The topological polar surface area (TPSA) is 45.2 Å². The zero-order chi connectivity index (χ0) is 18.8. The van der Waals surface area contributed by atoms with Gasteiger partial charge in [-0.25, -0.2) is 9.37 Å². The molecule has 0 unspecified atom stereocenters. The molecule has 4 nitrogen and oxygen atoms in total. The van der Waals surface area contributed by atoms with Crippen LogP contribution in [0.3, 0.4) is 0 Å². The van der Waals surface area contributed by atoms with Gasteiger partial charge in [-0.1, -0.05) is 24.6 Å². The Labute approximate surface area is 162 Å². The average molecular weight is 383 g/mol. The highest BCUT2D eigenvalue weighted by molar-refractivity contribution is 7.18. The van der Waals surface area contributed by atoms with E-state index in [9.17, 15) is 9.18 Å². The molecule has 0 bridgehead atoms. The van der Waals surface area contributed by atoms with Gasteiger partial charge in [0.15, 0.2) is 0 Å². The molecular formula is C21H22FN3OS. The fourth-order valence-corrected chi connectivity index (χ4v) is 4.69. The van der Waals surface area contributed by atoms with E-state index in [-0.39, 0.29) is 24.3 Å². The molecule has 1 aromatic heterocycles. The number of rotatable bonds is 4. The van der Waals surface area contributed by atoms with Crippen LogP contribution in [0.2, 0.25) is 0 Å². The number of hydrogen-bond donors (Lipinski definition) is 1. The van der Waals surface area contributed by atoms with Gasteiger partial charge < -0.3 is 5.32 Å². The van der Waals surface area contributed by atoms with Crippen molar-refractivity contribution in [3.8, 4) is 0 Å². The first-order chi connectivity index (χ1) is 13.1. The summed E-state index contributed by atoms with van der Waals surface area (Å²) in [4.78, 5) is 19.5. The van der Waals surface area contributed by atoms with E-state index < -0.39 is 0 Å². The van der Waals surface area contributed by atoms with Crippen molar-refractivity contribution in [2.75, 3.05) is 18.4 Å². The van der Waals surface area contributed by atoms with Crippen LogP contribution >= 0.6 is 11.3 Å². The summed E-state index contributed by atoms with van der Waals surface area (Å²) in [6, 6.07) is 13.1. The molecule has 1 saturated heterocycles. The van der Waals surface area contributed by atoms with Crippen LogP contribution in [-0.4, -0.2) is 28.9 Å². The zero-order valence-corrected chi connectivity index (χ0v) is 16.1. The fraction of sp³-hybridized carbons (Fsp3) is 0.333. The van der Waals surface area contributed by atoms with Crippen LogP contribution in [0.25, 0.3) is 10.2 Å². The molecule has 140 valence electrons. The van der Waals surface area contributed by atoms with E-state index in [2.05, 4.69) is 16.3 Å². The highest BCUT2D eigenvalue weighted by Crippen LogP contribution is 2.35. The lowest BCUT2D eigenvalue weighted by atomic mass is 10.0. The Balaban J connectivity index is 1.48. The van der Waals surface area contributed by atoms with Crippen molar-refractivity contribution in [2.45, 2.75) is 32.2 Å². The molecule has 1 amide bonds. The molecular weight excluding hydrogens is 361 g/mol. The molecule has 27 heavy (non-hydrogen) atoms. The number of benzene rings is 2. The van der Waals surface area contributed by atoms with Gasteiger partial charge in [-0.2, -0.15) is 0 Å². The van der Waals surface area contributed by atoms with E-state index in [0.29, 0.717) is 11.3 Å². The van der Waals surface area contributed by atoms with Crippen LogP contribution in [0.5, 0.6) is 0 Å². The van der Waals surface area contributed by atoms with Gasteiger partial charge in [0.1, 0.15) is 10.8 Å². The minimum absolute atomic E-state index is 0.119. The number of aryl methyl sites for hydroxylation is 1. The first-order valence-corrected chi connectivity index (χ1v) is 10.1. The van der Waals surface area contributed by atoms with Gasteiger partial charge in [0.05, 0.1) is 22.8 Å². The van der Waals surface area contributed by atoms with Crippen LogP contribution in [0, 0.1) is 12.7 Å². The second kappa shape index (κ2) is 7.74. The maximum Gasteiger partial charge on any atom is 0.238 e. The lowest BCUT2D eigenvalue weighted by Gasteiger charge is -2.33. The summed E-state index contributed by atoms with van der Waals surface area (Å²) in [5.74, 6) is -0.426. The standard InChI is InChI=1S/C21H22FN3OS/c1-14-9-10-15(12-16(14)22)23-20(26)13-25-11-5-4-7-18(25)21-24-17-6-2-3-8-19(17)27-21/h2-3,6,8-10,12,18H,4-5,7,11,13H2,1H3,(H,23,26)/t18-/m1/s1. The monoisotopic (exact) mass is 383 g/mol. The Bertz CT molecular complexity index is 938. The molecule has 2 aromatic carbocycles. The molecule has 0 spiro atoms. The van der Waals surface area contributed by atoms with Crippen LogP contribution in [0.4, 0.5) is 10.1 Å². The van der Waals surface area contributed by atoms with E-state index in [1.165, 1.54) is 10.8 Å². The van der Waals surface area contributed by atoms with Crippen LogP contribution in [0.15, 0.2) is 42.5 Å². The molecule has 1 aliphatic rings. The lowest BCUT2D eigenvalue weighted by molar-refractivity contribution is -0.118. The van der Waals surface area contributed by atoms with Crippen molar-refractivity contribution < 1.29 is 9.18 Å². The SMILES string of the molecule is Cc1ccc(NC(=O)CN2CCCC[C@@H]2c2nc3ccccc3s2)cc1F. The maximum atomic E-state index is 13.7. The summed E-state index contributed by atoms with van der Waals surface area (Å²) in [7, 11) is 0. The number of likely N-dealkylation sites (tertiary alicyclic amines) is 1. The highest BCUT2D eigenvalue weighted by Gasteiger charge is 2.28. The number of para-hydroxylation sites is 1. The molecule has 6 heteroatoms. The van der Waals surface area contributed by atoms with E-state index in [1.807, 2.05) is 18.2 Å². The van der Waals surface area contributed by atoms with Crippen LogP contribution in [0.1, 0.15) is 35.9 Å². The first-order valence-electron chi connectivity index (χ1n) is 9.26. The van der Waals surface area contributed by atoms with Crippen LogP contribution in [-0.2, 0) is 4.79 Å². The number of carbonyl (C=O) groups is 1. The van der Waals surface area contributed by atoms with Gasteiger partial charge in [0, 0.05) is 5.69 Å². The molecule has 4 rings (SSSR count). The van der Waals surface area contributed by atoms with Gasteiger partial charge in [0.2, 0.25) is 5.91 Å². The normalized spacial score (nSPS) is 17.9. The number of hydrogen-bond acceptors (Lipinski definition) is 4. The van der Waals surface area contributed by atoms with Crippen molar-refractivity contribution in [2.24, 2.45) is 0 Å². The zero-order valence-electron chi connectivity index (χ0n) is 15.2. The summed E-state index contributed by atoms with van der Waals surface area (Å²) in [5, 5.41) is 3.89. The lowest BCUT2D eigenvalue weighted by Crippen LogP contribution is -2.39. The number of carbonyl (C=O) groups excluding carboxylic acids is 1. The number of amides is 1. The second-order valence-electron chi connectivity index (χ2n) is 7.01. The van der Waals surface area contributed by atoms with Gasteiger partial charge in [-0.15, -0.1) is 11.3 Å². The Kier molecular flexibility index (Phi) is 5.18. The number of halogens is 1. The molecule has 0 aliphatic carbocycles. The third kappa shape index (κ3) is 4.01. The third-order valence-corrected chi connectivity index (χ3v) is 6.15. The largest absolute Gasteiger partial charge is 0.325 e. The number of fused-ring (bicyclic) bond motifs is 1. The van der Waals surface area contributed by atoms with E-state index in [1.54, 1.807) is 30.4 Å². The molecule has 1 atom stereocenters. The fourth-order valence-electron chi connectivity index (χ4n) is 3.55. The molecule has 3 aromatic rings. The number of anilines is 1. The van der Waals surface area contributed by atoms with Crippen molar-refractivity contribution >= 4 is 33.1 Å². The number of nitrogens with zero attached hydrogens (tertiary/aromatic N) is 2. The highest BCUT2D eigenvalue weighted by atomic mass is 32.1. The Morgan fingerprint density at radius 2 is 2.15 bits per heavy atom. The number of nitrogens with one attached hydrogen (secondary N) is 1. The Morgan fingerprint density at radius 1 is 1.30 bits per heavy atom. The summed E-state index contributed by atoms with van der Waals surface area (Å²) < 4.78 is 14.9. The number of aromatic nitrogens is 1. The second-order valence-corrected chi connectivity index (χ2v) is 8.08. The Hall–Kier alpha value is -2.31. The van der Waals surface area contributed by atoms with Gasteiger partial charge in [0.25, 0.3) is 0 Å². The van der Waals surface area contributed by atoms with Crippen molar-refractivity contribution in [1.29, 1.82) is 0 Å². The summed E-state index contributed by atoms with van der Waals surface area (Å²) in [5.41, 5.74) is 2.08. The average Bonchev–Trinajstić information content (AvgIpc) is 3.09. The first kappa shape index (κ1) is 18.1. The summed E-state index contributed by atoms with van der Waals surface area (Å²) in [6.45, 7) is 2.86. The third-order valence-electron chi connectivity index (χ3n) is 5.01. The Morgan fingerprint density at radius 3 is 2.96 bits per heavy atom. The van der Waals surface area contributed by atoms with Crippen molar-refractivity contribution in [1.82, 2.24) is 9.88 Å². The van der Waals surface area contributed by atoms with Gasteiger partial charge in [-0.3, -0.25) is 9.69 Å². The van der Waals surface area contributed by atoms with E-state index in [4.69, 9.17) is 4.98 Å². The number of piperidine rings is 1. The molecule has 1 fully saturated rings. The molecule has 0 radical (unpaired) electrons. The van der Waals surface area contributed by atoms with Gasteiger partial charge >= 0.3 is 0 Å². The minimum Gasteiger partial charge on any atom is -0.325 e. The summed E-state index contributed by atoms with van der Waals surface area (Å²) >= 11 is 1.71. The predicted octanol–water partition coefficient (Wildman–Crippen LogP) is 4.91. The smallest absolute Gasteiger partial charge is 0.238 e. The van der Waals surface area contributed by atoms with Crippen molar-refractivity contribution in [3.63, 3.8) is 0 Å². The number of thiazole rings is 1. The quantitative estimate of drug-likeness (QED) is 0.696. The van der Waals surface area contributed by atoms with E-state index in [0.717, 1.165) is 36.3 Å². The summed E-state index contributed by atoms with van der Waals surface area (Å²) in [6.07, 6.45) is 3.22. The van der Waals surface area contributed by atoms with Crippen LogP contribution < -0.4 is 5.32 Å². The van der Waals surface area contributed by atoms with Crippen molar-refractivity contribution in [3.05, 3.63) is 58.9 Å². The molecule has 0 saturated carbocycles. The maximum absolute atomic E-state index is 13.7. The molecule has 1 aliphatic heterocycles.